The van der Waals surface area contributed by atoms with E-state index in [2.05, 4.69) is 12.2 Å². The topological polar surface area (TPSA) is 49.4 Å². The van der Waals surface area contributed by atoms with Crippen molar-refractivity contribution in [1.82, 2.24) is 10.2 Å². The molecule has 2 amide bonds. The average Bonchev–Trinajstić information content (AvgIpc) is 3.25. The molecule has 0 aromatic heterocycles. The molecule has 3 rings (SSSR count). The Hall–Kier alpha value is -1.06. The number of nitrogens with one attached hydrogen (secondary N) is 1. The van der Waals surface area contributed by atoms with Crippen LogP contribution in [0.4, 0.5) is 0 Å². The summed E-state index contributed by atoms with van der Waals surface area (Å²) >= 11 is 0. The zero-order valence-corrected chi connectivity index (χ0v) is 12.5. The smallest absolute Gasteiger partial charge is 0.249 e. The predicted octanol–water partition coefficient (Wildman–Crippen LogP) is 2.23. The number of nitrogens with zero attached hydrogens (tertiary/aromatic N) is 1. The van der Waals surface area contributed by atoms with Crippen LogP contribution in [0, 0.1) is 5.92 Å². The monoisotopic (exact) mass is 278 g/mol. The molecule has 1 atom stereocenters. The van der Waals surface area contributed by atoms with Crippen LogP contribution in [0.3, 0.4) is 0 Å². The summed E-state index contributed by atoms with van der Waals surface area (Å²) in [6.45, 7) is 2.89. The maximum absolute atomic E-state index is 13.0. The van der Waals surface area contributed by atoms with Crippen LogP contribution in [0.15, 0.2) is 0 Å². The Morgan fingerprint density at radius 3 is 2.50 bits per heavy atom. The van der Waals surface area contributed by atoms with Crippen LogP contribution >= 0.6 is 0 Å². The van der Waals surface area contributed by atoms with E-state index in [1.807, 2.05) is 4.90 Å². The molecule has 1 unspecified atom stereocenters. The molecule has 3 aliphatic rings. The second-order valence-electron chi connectivity index (χ2n) is 6.84. The molecule has 4 nitrogen and oxygen atoms in total. The second kappa shape index (κ2) is 5.38. The van der Waals surface area contributed by atoms with Crippen LogP contribution in [-0.4, -0.2) is 34.8 Å². The number of carbonyl (C=O) groups is 2. The van der Waals surface area contributed by atoms with Gasteiger partial charge in [-0.15, -0.1) is 0 Å². The lowest BCUT2D eigenvalue weighted by atomic mass is 9.78. The molecule has 3 fully saturated rings. The van der Waals surface area contributed by atoms with Gasteiger partial charge in [0.05, 0.1) is 0 Å². The molecule has 4 heteroatoms. The largest absolute Gasteiger partial charge is 0.340 e. The van der Waals surface area contributed by atoms with Gasteiger partial charge in [-0.05, 0) is 38.0 Å². The molecule has 0 aromatic carbocycles. The van der Waals surface area contributed by atoms with E-state index >= 15 is 0 Å². The van der Waals surface area contributed by atoms with Gasteiger partial charge in [-0.3, -0.25) is 9.59 Å². The number of piperazine rings is 1. The van der Waals surface area contributed by atoms with Gasteiger partial charge in [0.25, 0.3) is 0 Å². The Balaban J connectivity index is 1.83. The molecular weight excluding hydrogens is 252 g/mol. The lowest BCUT2D eigenvalue weighted by Gasteiger charge is -2.47. The van der Waals surface area contributed by atoms with Crippen molar-refractivity contribution < 1.29 is 9.59 Å². The van der Waals surface area contributed by atoms with Gasteiger partial charge in [0, 0.05) is 6.54 Å². The van der Waals surface area contributed by atoms with Crippen molar-refractivity contribution in [3.8, 4) is 0 Å². The Labute approximate surface area is 121 Å². The first-order valence-electron chi connectivity index (χ1n) is 8.29. The molecule has 1 saturated heterocycles. The molecule has 2 saturated carbocycles. The van der Waals surface area contributed by atoms with Crippen LogP contribution in [0.5, 0.6) is 0 Å². The lowest BCUT2D eigenvalue weighted by Crippen LogP contribution is -2.71. The fraction of sp³-hybridized carbons (Fsp3) is 0.875. The first-order chi connectivity index (χ1) is 9.66. The first kappa shape index (κ1) is 13.9. The zero-order valence-electron chi connectivity index (χ0n) is 12.5. The van der Waals surface area contributed by atoms with E-state index in [-0.39, 0.29) is 17.9 Å². The van der Waals surface area contributed by atoms with Crippen LogP contribution in [-0.2, 0) is 9.59 Å². The van der Waals surface area contributed by atoms with Crippen LogP contribution in [0.25, 0.3) is 0 Å². The molecule has 0 aromatic rings. The molecule has 1 N–H and O–H groups in total. The fourth-order valence-electron chi connectivity index (χ4n) is 3.77. The molecule has 0 radical (unpaired) electrons. The standard InChI is InChI=1S/C16H26N2O2/c1-2-6-13-14(19)17-16(9-4-3-5-10-16)15(20)18(13)11-12-7-8-12/h12-13H,2-11H2,1H3,(H,17,19). The third kappa shape index (κ3) is 2.45. The molecule has 1 aliphatic heterocycles. The van der Waals surface area contributed by atoms with Gasteiger partial charge >= 0.3 is 0 Å². The summed E-state index contributed by atoms with van der Waals surface area (Å²) in [5.41, 5.74) is -0.561. The minimum absolute atomic E-state index is 0.0917. The van der Waals surface area contributed by atoms with Crippen molar-refractivity contribution in [2.75, 3.05) is 6.54 Å². The molecule has 0 bridgehead atoms. The molecule has 1 heterocycles. The van der Waals surface area contributed by atoms with E-state index in [0.717, 1.165) is 45.1 Å². The third-order valence-electron chi connectivity index (χ3n) is 5.13. The summed E-state index contributed by atoms with van der Waals surface area (Å²) in [7, 11) is 0. The Kier molecular flexibility index (Phi) is 3.74. The van der Waals surface area contributed by atoms with E-state index in [0.29, 0.717) is 5.92 Å². The van der Waals surface area contributed by atoms with Crippen LogP contribution in [0.2, 0.25) is 0 Å². The van der Waals surface area contributed by atoms with Crippen molar-refractivity contribution in [3.05, 3.63) is 0 Å². The van der Waals surface area contributed by atoms with Gasteiger partial charge in [0.15, 0.2) is 0 Å². The van der Waals surface area contributed by atoms with Crippen LogP contribution < -0.4 is 5.32 Å². The quantitative estimate of drug-likeness (QED) is 0.857. The van der Waals surface area contributed by atoms with E-state index in [4.69, 9.17) is 0 Å². The summed E-state index contributed by atoms with van der Waals surface area (Å²) in [6, 6.07) is -0.222. The molecule has 2 aliphatic carbocycles. The number of carbonyl (C=O) groups excluding carboxylic acids is 2. The Morgan fingerprint density at radius 2 is 1.90 bits per heavy atom. The summed E-state index contributed by atoms with van der Waals surface area (Å²) in [5.74, 6) is 0.945. The predicted molar refractivity (Wildman–Crippen MR) is 77.1 cm³/mol. The normalized spacial score (nSPS) is 29.6. The number of hydrogen-bond acceptors (Lipinski definition) is 2. The number of hydrogen-bond donors (Lipinski definition) is 1. The highest BCUT2D eigenvalue weighted by Gasteiger charge is 2.51. The van der Waals surface area contributed by atoms with Crippen molar-refractivity contribution in [3.63, 3.8) is 0 Å². The lowest BCUT2D eigenvalue weighted by molar-refractivity contribution is -0.157. The van der Waals surface area contributed by atoms with Gasteiger partial charge in [-0.2, -0.15) is 0 Å². The average molecular weight is 278 g/mol. The summed E-state index contributed by atoms with van der Waals surface area (Å²) in [6.07, 6.45) is 9.14. The summed E-state index contributed by atoms with van der Waals surface area (Å²) < 4.78 is 0. The Bertz CT molecular complexity index is 397. The van der Waals surface area contributed by atoms with Gasteiger partial charge in [-0.25, -0.2) is 0 Å². The first-order valence-corrected chi connectivity index (χ1v) is 8.29. The molecule has 20 heavy (non-hydrogen) atoms. The van der Waals surface area contributed by atoms with E-state index in [1.165, 1.54) is 19.3 Å². The highest BCUT2D eigenvalue weighted by Crippen LogP contribution is 2.37. The highest BCUT2D eigenvalue weighted by atomic mass is 16.2. The molecule has 1 spiro atoms. The SMILES string of the molecule is CCCC1C(=O)NC2(CCCCC2)C(=O)N1CC1CC1. The van der Waals surface area contributed by atoms with E-state index in [1.54, 1.807) is 0 Å². The van der Waals surface area contributed by atoms with Gasteiger partial charge in [-0.1, -0.05) is 32.6 Å². The minimum atomic E-state index is -0.561. The Morgan fingerprint density at radius 1 is 1.20 bits per heavy atom. The second-order valence-corrected chi connectivity index (χ2v) is 6.84. The maximum atomic E-state index is 13.0. The highest BCUT2D eigenvalue weighted by molar-refractivity contribution is 5.99. The van der Waals surface area contributed by atoms with Crippen LogP contribution in [0.1, 0.15) is 64.7 Å². The van der Waals surface area contributed by atoms with E-state index in [9.17, 15) is 9.59 Å². The van der Waals surface area contributed by atoms with Crippen molar-refractivity contribution in [1.29, 1.82) is 0 Å². The van der Waals surface area contributed by atoms with Crippen molar-refractivity contribution in [2.45, 2.75) is 76.3 Å². The van der Waals surface area contributed by atoms with Gasteiger partial charge in [0.1, 0.15) is 11.6 Å². The number of amides is 2. The van der Waals surface area contributed by atoms with Crippen molar-refractivity contribution in [2.24, 2.45) is 5.92 Å². The van der Waals surface area contributed by atoms with Gasteiger partial charge < -0.3 is 10.2 Å². The van der Waals surface area contributed by atoms with Crippen molar-refractivity contribution >= 4 is 11.8 Å². The van der Waals surface area contributed by atoms with E-state index < -0.39 is 5.54 Å². The summed E-state index contributed by atoms with van der Waals surface area (Å²) in [5, 5.41) is 3.11. The molecule has 112 valence electrons. The zero-order chi connectivity index (χ0) is 14.2. The minimum Gasteiger partial charge on any atom is -0.340 e. The molecular formula is C16H26N2O2. The van der Waals surface area contributed by atoms with Gasteiger partial charge in [0.2, 0.25) is 11.8 Å². The summed E-state index contributed by atoms with van der Waals surface area (Å²) in [4.78, 5) is 27.5. The number of rotatable bonds is 4. The maximum Gasteiger partial charge on any atom is 0.249 e. The fourth-order valence-corrected chi connectivity index (χ4v) is 3.77. The third-order valence-corrected chi connectivity index (χ3v) is 5.13.